The van der Waals surface area contributed by atoms with Gasteiger partial charge in [-0.15, -0.1) is 0 Å². The van der Waals surface area contributed by atoms with Crippen molar-refractivity contribution in [3.63, 3.8) is 0 Å². The first-order chi connectivity index (χ1) is 13.6. The summed E-state index contributed by atoms with van der Waals surface area (Å²) in [6.45, 7) is 1.07. The van der Waals surface area contributed by atoms with E-state index in [-0.39, 0.29) is 16.7 Å². The van der Waals surface area contributed by atoms with Crippen LogP contribution in [0.25, 0.3) is 11.0 Å². The fraction of sp³-hybridized carbons (Fsp3) is 0.650. The molecule has 0 spiro atoms. The van der Waals surface area contributed by atoms with E-state index in [4.69, 9.17) is 4.74 Å². The molecule has 0 unspecified atom stereocenters. The van der Waals surface area contributed by atoms with E-state index < -0.39 is 10.0 Å². The van der Waals surface area contributed by atoms with Crippen molar-refractivity contribution in [3.05, 3.63) is 28.7 Å². The highest BCUT2D eigenvalue weighted by Crippen LogP contribution is 2.40. The smallest absolute Gasteiger partial charge is 0.328 e. The fourth-order valence-electron chi connectivity index (χ4n) is 5.14. The van der Waals surface area contributed by atoms with Crippen molar-refractivity contribution in [2.45, 2.75) is 29.9 Å². The van der Waals surface area contributed by atoms with Crippen molar-refractivity contribution in [2.75, 3.05) is 34.3 Å². The number of ether oxygens (including phenoxy) is 1. The van der Waals surface area contributed by atoms with E-state index in [1.165, 1.54) is 9.13 Å². The van der Waals surface area contributed by atoms with Gasteiger partial charge in [-0.2, -0.15) is 4.31 Å². The lowest BCUT2D eigenvalue weighted by Gasteiger charge is -2.40. The van der Waals surface area contributed by atoms with Gasteiger partial charge in [0, 0.05) is 40.3 Å². The highest BCUT2D eigenvalue weighted by molar-refractivity contribution is 7.89. The summed E-state index contributed by atoms with van der Waals surface area (Å²) >= 11 is 0. The van der Waals surface area contributed by atoms with Crippen LogP contribution in [0.4, 0.5) is 0 Å². The largest absolute Gasteiger partial charge is 0.380 e. The Morgan fingerprint density at radius 1 is 1.03 bits per heavy atom. The number of fused-ring (bicyclic) bond motifs is 2. The van der Waals surface area contributed by atoms with Gasteiger partial charge in [-0.3, -0.25) is 9.13 Å². The van der Waals surface area contributed by atoms with Crippen molar-refractivity contribution < 1.29 is 13.2 Å². The number of benzene rings is 1. The Balaban J connectivity index is 1.63. The van der Waals surface area contributed by atoms with Crippen molar-refractivity contribution in [3.8, 4) is 0 Å². The standard InChI is InChI=1S/C20H30N4O4S/c1-21(2)18-8-13-11-24(12-14(13)9-19(18)28-5)29(26,27)15-6-7-16-17(10-15)23(4)20(25)22(16)3/h6-7,10,13-14,18-19H,8-9,11-12H2,1-5H3/t13-,14+,18-,19-/m1/s1. The summed E-state index contributed by atoms with van der Waals surface area (Å²) in [4.78, 5) is 14.6. The minimum absolute atomic E-state index is 0.129. The molecule has 9 heteroatoms. The average molecular weight is 423 g/mol. The highest BCUT2D eigenvalue weighted by atomic mass is 32.2. The number of aromatic nitrogens is 2. The number of hydrogen-bond donors (Lipinski definition) is 0. The Hall–Kier alpha value is -1.68. The van der Waals surface area contributed by atoms with Crippen LogP contribution in [-0.2, 0) is 28.9 Å². The minimum atomic E-state index is -3.62. The van der Waals surface area contributed by atoms with Gasteiger partial charge in [0.2, 0.25) is 10.0 Å². The lowest BCUT2D eigenvalue weighted by atomic mass is 9.77. The number of hydrogen-bond acceptors (Lipinski definition) is 5. The molecule has 0 radical (unpaired) electrons. The zero-order chi connectivity index (χ0) is 21.1. The van der Waals surface area contributed by atoms with Gasteiger partial charge in [-0.25, -0.2) is 13.2 Å². The zero-order valence-corrected chi connectivity index (χ0v) is 18.5. The fourth-order valence-corrected chi connectivity index (χ4v) is 6.71. The summed E-state index contributed by atoms with van der Waals surface area (Å²) in [5.74, 6) is 0.657. The molecule has 2 heterocycles. The number of nitrogens with zero attached hydrogens (tertiary/aromatic N) is 4. The van der Waals surface area contributed by atoms with Gasteiger partial charge < -0.3 is 9.64 Å². The van der Waals surface area contributed by atoms with Crippen molar-refractivity contribution in [1.29, 1.82) is 0 Å². The van der Waals surface area contributed by atoms with Crippen LogP contribution in [0.1, 0.15) is 12.8 Å². The molecule has 2 fully saturated rings. The molecule has 4 atom stereocenters. The Labute approximate surface area is 171 Å². The van der Waals surface area contributed by atoms with Crippen LogP contribution in [0.3, 0.4) is 0 Å². The Morgan fingerprint density at radius 2 is 1.66 bits per heavy atom. The number of sulfonamides is 1. The van der Waals surface area contributed by atoms with Crippen LogP contribution in [-0.4, -0.2) is 73.2 Å². The van der Waals surface area contributed by atoms with Crippen LogP contribution < -0.4 is 5.69 Å². The molecule has 8 nitrogen and oxygen atoms in total. The molecule has 1 aromatic heterocycles. The number of rotatable bonds is 4. The Bertz CT molecular complexity index is 1090. The van der Waals surface area contributed by atoms with Crippen molar-refractivity contribution in [2.24, 2.45) is 25.9 Å². The topological polar surface area (TPSA) is 76.8 Å². The van der Waals surface area contributed by atoms with Crippen molar-refractivity contribution in [1.82, 2.24) is 18.3 Å². The number of aryl methyl sites for hydroxylation is 2. The SMILES string of the molecule is CO[C@@H]1C[C@H]2CN(S(=O)(=O)c3ccc4c(c3)n(C)c(=O)n4C)C[C@H]2C[C@H]1N(C)C. The number of likely N-dealkylation sites (N-methyl/N-ethyl adjacent to an activating group) is 1. The monoisotopic (exact) mass is 422 g/mol. The third-order valence-electron chi connectivity index (χ3n) is 6.90. The first-order valence-corrected chi connectivity index (χ1v) is 11.4. The summed E-state index contributed by atoms with van der Waals surface area (Å²) in [5, 5.41) is 0. The second-order valence-corrected chi connectivity index (χ2v) is 10.6. The predicted molar refractivity (Wildman–Crippen MR) is 111 cm³/mol. The molecule has 1 aliphatic carbocycles. The molecule has 1 saturated heterocycles. The molecule has 160 valence electrons. The average Bonchev–Trinajstić information content (AvgIpc) is 3.22. The molecule has 29 heavy (non-hydrogen) atoms. The maximum atomic E-state index is 13.4. The summed E-state index contributed by atoms with van der Waals surface area (Å²) in [5.41, 5.74) is 1.19. The van der Waals surface area contributed by atoms with Crippen LogP contribution in [0.5, 0.6) is 0 Å². The van der Waals surface area contributed by atoms with Gasteiger partial charge in [-0.1, -0.05) is 0 Å². The molecular weight excluding hydrogens is 392 g/mol. The van der Waals surface area contributed by atoms with Gasteiger partial charge in [0.1, 0.15) is 0 Å². The van der Waals surface area contributed by atoms with E-state index in [9.17, 15) is 13.2 Å². The van der Waals surface area contributed by atoms with E-state index in [1.54, 1.807) is 43.7 Å². The molecule has 1 saturated carbocycles. The third-order valence-corrected chi connectivity index (χ3v) is 8.73. The molecule has 2 aromatic rings. The van der Waals surface area contributed by atoms with E-state index in [0.29, 0.717) is 36.5 Å². The maximum Gasteiger partial charge on any atom is 0.328 e. The molecule has 1 aromatic carbocycles. The second kappa shape index (κ2) is 7.23. The van der Waals surface area contributed by atoms with Gasteiger partial charge in [0.05, 0.1) is 22.0 Å². The second-order valence-electron chi connectivity index (χ2n) is 8.67. The molecule has 2 aliphatic rings. The van der Waals surface area contributed by atoms with E-state index in [1.807, 2.05) is 0 Å². The van der Waals surface area contributed by atoms with Gasteiger partial charge >= 0.3 is 5.69 Å². The number of methoxy groups -OCH3 is 1. The summed E-state index contributed by atoms with van der Waals surface area (Å²) in [6.07, 6.45) is 1.94. The molecule has 0 N–H and O–H groups in total. The summed E-state index contributed by atoms with van der Waals surface area (Å²) < 4.78 is 37.1. The highest BCUT2D eigenvalue weighted by Gasteiger charge is 2.46. The molecular formula is C20H30N4O4S. The quantitative estimate of drug-likeness (QED) is 0.730. The molecule has 0 amide bonds. The van der Waals surface area contributed by atoms with E-state index in [2.05, 4.69) is 19.0 Å². The van der Waals surface area contributed by atoms with E-state index >= 15 is 0 Å². The molecule has 1 aliphatic heterocycles. The maximum absolute atomic E-state index is 13.4. The van der Waals surface area contributed by atoms with Crippen molar-refractivity contribution >= 4 is 21.1 Å². The van der Waals surface area contributed by atoms with Crippen LogP contribution in [0.2, 0.25) is 0 Å². The normalized spacial score (nSPS) is 28.3. The Kier molecular flexibility index (Phi) is 5.13. The van der Waals surface area contributed by atoms with Crippen LogP contribution >= 0.6 is 0 Å². The predicted octanol–water partition coefficient (Wildman–Crippen LogP) is 0.853. The first kappa shape index (κ1) is 20.6. The van der Waals surface area contributed by atoms with E-state index in [0.717, 1.165) is 18.4 Å². The Morgan fingerprint density at radius 3 is 2.28 bits per heavy atom. The molecule has 0 bridgehead atoms. The van der Waals surface area contributed by atoms with Gasteiger partial charge in [-0.05, 0) is 57.0 Å². The van der Waals surface area contributed by atoms with Gasteiger partial charge in [0.15, 0.2) is 0 Å². The lowest BCUT2D eigenvalue weighted by Crippen LogP contribution is -2.47. The summed E-state index contributed by atoms with van der Waals surface area (Å²) in [7, 11) is 5.59. The van der Waals surface area contributed by atoms with Crippen LogP contribution in [0.15, 0.2) is 27.9 Å². The zero-order valence-electron chi connectivity index (χ0n) is 17.7. The summed E-state index contributed by atoms with van der Waals surface area (Å²) in [6, 6.07) is 5.25. The molecule has 4 rings (SSSR count). The first-order valence-electron chi connectivity index (χ1n) is 10.00. The van der Waals surface area contributed by atoms with Crippen LogP contribution in [0, 0.1) is 11.8 Å². The third kappa shape index (κ3) is 3.24. The lowest BCUT2D eigenvalue weighted by molar-refractivity contribution is -0.0209. The number of imidazole rings is 1. The minimum Gasteiger partial charge on any atom is -0.380 e. The van der Waals surface area contributed by atoms with Gasteiger partial charge in [0.25, 0.3) is 0 Å².